The van der Waals surface area contributed by atoms with Crippen molar-refractivity contribution >= 4 is 39.2 Å². The van der Waals surface area contributed by atoms with Gasteiger partial charge in [0.2, 0.25) is 5.91 Å². The average Bonchev–Trinajstić information content (AvgIpc) is 2.57. The Morgan fingerprint density at radius 2 is 1.64 bits per heavy atom. The first-order chi connectivity index (χ1) is 12.0. The highest BCUT2D eigenvalue weighted by atomic mass is 79.9. The zero-order valence-corrected chi connectivity index (χ0v) is 15.6. The lowest BCUT2D eigenvalue weighted by Crippen LogP contribution is -2.31. The maximum absolute atomic E-state index is 12.1. The molecule has 2 rings (SSSR count). The summed E-state index contributed by atoms with van der Waals surface area (Å²) in [6, 6.07) is 14.1. The zero-order chi connectivity index (χ0) is 18.2. The molecule has 0 aliphatic carbocycles. The van der Waals surface area contributed by atoms with Crippen molar-refractivity contribution in [3.63, 3.8) is 0 Å². The highest BCUT2D eigenvalue weighted by molar-refractivity contribution is 9.10. The number of hydrogen-bond acceptors (Lipinski definition) is 3. The Hall–Kier alpha value is -2.38. The molecule has 0 saturated carbocycles. The van der Waals surface area contributed by atoms with E-state index < -0.39 is 0 Å². The van der Waals surface area contributed by atoms with Gasteiger partial charge in [-0.3, -0.25) is 4.79 Å². The number of amides is 3. The van der Waals surface area contributed by atoms with Gasteiger partial charge in [0.15, 0.2) is 0 Å². The van der Waals surface area contributed by atoms with Crippen molar-refractivity contribution in [3.8, 4) is 0 Å². The second-order valence-corrected chi connectivity index (χ2v) is 6.25. The van der Waals surface area contributed by atoms with Crippen LogP contribution in [0.15, 0.2) is 53.0 Å². The molecule has 0 radical (unpaired) electrons. The minimum atomic E-state index is -0.306. The van der Waals surface area contributed by atoms with Crippen LogP contribution in [0.3, 0.4) is 0 Å². The van der Waals surface area contributed by atoms with Crippen LogP contribution in [0, 0.1) is 0 Å². The van der Waals surface area contributed by atoms with Gasteiger partial charge in [0.1, 0.15) is 6.61 Å². The molecule has 2 aromatic rings. The molecular weight excluding hydrogens is 386 g/mol. The summed E-state index contributed by atoms with van der Waals surface area (Å²) in [5.41, 5.74) is 2.25. The van der Waals surface area contributed by atoms with Gasteiger partial charge < -0.3 is 20.7 Å². The molecule has 25 heavy (non-hydrogen) atoms. The van der Waals surface area contributed by atoms with Crippen molar-refractivity contribution in [1.29, 1.82) is 0 Å². The normalized spacial score (nSPS) is 11.5. The van der Waals surface area contributed by atoms with Gasteiger partial charge in [0.25, 0.3) is 0 Å². The third kappa shape index (κ3) is 5.88. The summed E-state index contributed by atoms with van der Waals surface area (Å²) < 4.78 is 5.70. The third-order valence-electron chi connectivity index (χ3n) is 3.42. The number of benzene rings is 2. The van der Waals surface area contributed by atoms with Crippen LogP contribution in [0.2, 0.25) is 0 Å². The van der Waals surface area contributed by atoms with E-state index in [9.17, 15) is 9.59 Å². The van der Waals surface area contributed by atoms with Crippen molar-refractivity contribution in [3.05, 3.63) is 58.6 Å². The molecule has 0 heterocycles. The van der Waals surface area contributed by atoms with Crippen molar-refractivity contribution in [2.75, 3.05) is 24.4 Å². The second-order valence-electron chi connectivity index (χ2n) is 5.40. The lowest BCUT2D eigenvalue weighted by molar-refractivity contribution is -0.119. The van der Waals surface area contributed by atoms with Gasteiger partial charge in [-0.05, 0) is 42.8 Å². The number of hydrogen-bond donors (Lipinski definition) is 3. The predicted molar refractivity (Wildman–Crippen MR) is 102 cm³/mol. The lowest BCUT2D eigenvalue weighted by atomic mass is 10.1. The van der Waals surface area contributed by atoms with Crippen molar-refractivity contribution < 1.29 is 14.3 Å². The highest BCUT2D eigenvalue weighted by Crippen LogP contribution is 2.22. The molecule has 0 saturated heterocycles. The van der Waals surface area contributed by atoms with Gasteiger partial charge in [-0.15, -0.1) is 0 Å². The van der Waals surface area contributed by atoms with Crippen LogP contribution in [0.4, 0.5) is 16.2 Å². The van der Waals surface area contributed by atoms with Gasteiger partial charge in [-0.1, -0.05) is 34.1 Å². The fourth-order valence-corrected chi connectivity index (χ4v) is 2.86. The van der Waals surface area contributed by atoms with E-state index >= 15 is 0 Å². The van der Waals surface area contributed by atoms with E-state index in [1.165, 1.54) is 7.11 Å². The molecule has 3 N–H and O–H groups in total. The highest BCUT2D eigenvalue weighted by Gasteiger charge is 2.12. The molecule has 132 valence electrons. The number of methoxy groups -OCH3 is 1. The van der Waals surface area contributed by atoms with E-state index in [0.717, 1.165) is 10.0 Å². The van der Waals surface area contributed by atoms with E-state index in [1.807, 2.05) is 31.2 Å². The Morgan fingerprint density at radius 1 is 1.04 bits per heavy atom. The number of rotatable bonds is 6. The summed E-state index contributed by atoms with van der Waals surface area (Å²) in [5, 5.41) is 8.33. The monoisotopic (exact) mass is 405 g/mol. The van der Waals surface area contributed by atoms with Crippen LogP contribution in [0.5, 0.6) is 0 Å². The molecule has 0 bridgehead atoms. The summed E-state index contributed by atoms with van der Waals surface area (Å²) in [5.74, 6) is -0.233. The molecular formula is C18H20BrN3O3. The number of carbonyl (C=O) groups excluding carboxylic acids is 2. The number of halogens is 1. The topological polar surface area (TPSA) is 79.5 Å². The van der Waals surface area contributed by atoms with Crippen LogP contribution in [0.1, 0.15) is 18.5 Å². The molecule has 0 aliphatic heterocycles. The number of anilines is 2. The van der Waals surface area contributed by atoms with Crippen LogP contribution < -0.4 is 16.0 Å². The van der Waals surface area contributed by atoms with Gasteiger partial charge >= 0.3 is 6.03 Å². The molecule has 0 aromatic heterocycles. The number of nitrogens with one attached hydrogen (secondary N) is 3. The first-order valence-corrected chi connectivity index (χ1v) is 8.49. The van der Waals surface area contributed by atoms with Crippen LogP contribution >= 0.6 is 15.9 Å². The Labute approximate surface area is 155 Å². The van der Waals surface area contributed by atoms with Crippen LogP contribution in [-0.2, 0) is 9.53 Å². The predicted octanol–water partition coefficient (Wildman–Crippen LogP) is 3.92. The molecule has 0 aliphatic rings. The molecule has 3 amide bonds. The Morgan fingerprint density at radius 3 is 2.24 bits per heavy atom. The van der Waals surface area contributed by atoms with E-state index in [-0.39, 0.29) is 24.6 Å². The van der Waals surface area contributed by atoms with E-state index in [4.69, 9.17) is 4.74 Å². The van der Waals surface area contributed by atoms with E-state index in [2.05, 4.69) is 31.9 Å². The Kier molecular flexibility index (Phi) is 6.97. The largest absolute Gasteiger partial charge is 0.375 e. The number of urea groups is 1. The molecule has 0 spiro atoms. The SMILES string of the molecule is COCC(=O)Nc1ccc(NC(=O)NC(C)c2ccccc2Br)cc1. The number of carbonyl (C=O) groups is 2. The summed E-state index contributed by atoms with van der Waals surface area (Å²) in [7, 11) is 1.46. The minimum absolute atomic E-state index is 0.00462. The standard InChI is InChI=1S/C18H20BrN3O3/c1-12(15-5-3-4-6-16(15)19)20-18(24)22-14-9-7-13(8-10-14)21-17(23)11-25-2/h3-10,12H,11H2,1-2H3,(H,21,23)(H2,20,22,24). The van der Waals surface area contributed by atoms with Crippen molar-refractivity contribution in [1.82, 2.24) is 5.32 Å². The van der Waals surface area contributed by atoms with E-state index in [1.54, 1.807) is 24.3 Å². The molecule has 1 atom stereocenters. The average molecular weight is 406 g/mol. The summed E-state index contributed by atoms with van der Waals surface area (Å²) >= 11 is 3.48. The van der Waals surface area contributed by atoms with Crippen molar-refractivity contribution in [2.45, 2.75) is 13.0 Å². The third-order valence-corrected chi connectivity index (χ3v) is 4.14. The second kappa shape index (κ2) is 9.19. The van der Waals surface area contributed by atoms with E-state index in [0.29, 0.717) is 11.4 Å². The minimum Gasteiger partial charge on any atom is -0.375 e. The Balaban J connectivity index is 1.90. The summed E-state index contributed by atoms with van der Waals surface area (Å²) in [4.78, 5) is 23.6. The molecule has 7 heteroatoms. The maximum atomic E-state index is 12.1. The summed E-state index contributed by atoms with van der Waals surface area (Å²) in [6.07, 6.45) is 0. The first-order valence-electron chi connectivity index (χ1n) is 7.70. The van der Waals surface area contributed by atoms with Gasteiger partial charge in [-0.25, -0.2) is 4.79 Å². The molecule has 6 nitrogen and oxygen atoms in total. The molecule has 2 aromatic carbocycles. The van der Waals surface area contributed by atoms with Crippen LogP contribution in [0.25, 0.3) is 0 Å². The first kappa shape index (κ1) is 19.0. The fourth-order valence-electron chi connectivity index (χ4n) is 2.23. The van der Waals surface area contributed by atoms with Gasteiger partial charge in [0, 0.05) is 23.0 Å². The Bertz CT molecular complexity index is 735. The fraction of sp³-hybridized carbons (Fsp3) is 0.222. The smallest absolute Gasteiger partial charge is 0.319 e. The quantitative estimate of drug-likeness (QED) is 0.681. The molecule has 0 fully saturated rings. The van der Waals surface area contributed by atoms with Gasteiger partial charge in [-0.2, -0.15) is 0 Å². The maximum Gasteiger partial charge on any atom is 0.319 e. The molecule has 1 unspecified atom stereocenters. The van der Waals surface area contributed by atoms with Gasteiger partial charge in [0.05, 0.1) is 6.04 Å². The lowest BCUT2D eigenvalue weighted by Gasteiger charge is -2.16. The summed E-state index contributed by atoms with van der Waals surface area (Å²) in [6.45, 7) is 1.91. The zero-order valence-electron chi connectivity index (χ0n) is 14.0. The van der Waals surface area contributed by atoms with Crippen molar-refractivity contribution in [2.24, 2.45) is 0 Å². The van der Waals surface area contributed by atoms with Crippen LogP contribution in [-0.4, -0.2) is 25.7 Å². The number of ether oxygens (including phenoxy) is 1.